The molecule has 32 heavy (non-hydrogen) atoms. The van der Waals surface area contributed by atoms with E-state index < -0.39 is 0 Å². The Labute approximate surface area is 189 Å². The van der Waals surface area contributed by atoms with Crippen LogP contribution in [0.1, 0.15) is 24.0 Å². The number of hydrogen-bond acceptors (Lipinski definition) is 5. The van der Waals surface area contributed by atoms with Crippen LogP contribution in [0.5, 0.6) is 0 Å². The van der Waals surface area contributed by atoms with Crippen LogP contribution in [-0.4, -0.2) is 33.6 Å². The minimum Gasteiger partial charge on any atom is -0.352 e. The van der Waals surface area contributed by atoms with Crippen LogP contribution in [0.25, 0.3) is 16.2 Å². The minimum atomic E-state index is -0.274. The molecule has 1 aliphatic heterocycles. The lowest BCUT2D eigenvalue weighted by Gasteiger charge is -2.31. The van der Waals surface area contributed by atoms with Gasteiger partial charge in [0.2, 0.25) is 16.0 Å². The number of nitrogens with one attached hydrogen (secondary N) is 1. The van der Waals surface area contributed by atoms with Gasteiger partial charge < -0.3 is 10.2 Å². The van der Waals surface area contributed by atoms with Crippen molar-refractivity contribution in [2.45, 2.75) is 26.3 Å². The molecule has 4 aromatic rings. The maximum atomic E-state index is 13.1. The minimum absolute atomic E-state index is 0.0296. The Morgan fingerprint density at radius 2 is 1.97 bits per heavy atom. The lowest BCUT2D eigenvalue weighted by molar-refractivity contribution is -0.125. The first kappa shape index (κ1) is 20.6. The average Bonchev–Trinajstić information content (AvgIpc) is 3.39. The quantitative estimate of drug-likeness (QED) is 0.489. The zero-order chi connectivity index (χ0) is 22.1. The number of amides is 1. The van der Waals surface area contributed by atoms with E-state index in [0.29, 0.717) is 13.1 Å². The molecule has 1 N–H and O–H groups in total. The number of aromatic nitrogens is 3. The second-order valence-electron chi connectivity index (χ2n) is 8.23. The summed E-state index contributed by atoms with van der Waals surface area (Å²) in [5.74, 6) is -0.339. The lowest BCUT2D eigenvalue weighted by Crippen LogP contribution is -2.43. The van der Waals surface area contributed by atoms with E-state index in [9.17, 15) is 9.18 Å². The molecule has 6 nitrogen and oxygen atoms in total. The third kappa shape index (κ3) is 4.36. The van der Waals surface area contributed by atoms with Gasteiger partial charge in [-0.25, -0.2) is 13.9 Å². The van der Waals surface area contributed by atoms with E-state index in [4.69, 9.17) is 10.1 Å². The molecule has 0 unspecified atom stereocenters. The van der Waals surface area contributed by atoms with Gasteiger partial charge in [-0.2, -0.15) is 0 Å². The largest absolute Gasteiger partial charge is 0.352 e. The molecule has 5 rings (SSSR count). The summed E-state index contributed by atoms with van der Waals surface area (Å²) in [6.07, 6.45) is 3.74. The maximum Gasteiger partial charge on any atom is 0.225 e. The maximum absolute atomic E-state index is 13.1. The molecule has 8 heteroatoms. The van der Waals surface area contributed by atoms with E-state index in [0.717, 1.165) is 46.3 Å². The third-order valence-electron chi connectivity index (χ3n) is 5.82. The Bertz CT molecular complexity index is 1200. The van der Waals surface area contributed by atoms with Crippen molar-refractivity contribution < 1.29 is 9.18 Å². The van der Waals surface area contributed by atoms with Gasteiger partial charge in [0, 0.05) is 25.2 Å². The van der Waals surface area contributed by atoms with Gasteiger partial charge in [0.15, 0.2) is 0 Å². The zero-order valence-corrected chi connectivity index (χ0v) is 18.6. The highest BCUT2D eigenvalue weighted by atomic mass is 32.1. The van der Waals surface area contributed by atoms with E-state index in [1.165, 1.54) is 17.7 Å². The molecule has 1 fully saturated rings. The Balaban J connectivity index is 1.24. The van der Waals surface area contributed by atoms with Gasteiger partial charge in [-0.3, -0.25) is 4.79 Å². The topological polar surface area (TPSA) is 62.5 Å². The van der Waals surface area contributed by atoms with Crippen molar-refractivity contribution in [3.05, 3.63) is 71.7 Å². The van der Waals surface area contributed by atoms with Crippen LogP contribution in [0.2, 0.25) is 0 Å². The molecule has 1 saturated heterocycles. The number of nitrogens with zero attached hydrogens (tertiary/aromatic N) is 4. The van der Waals surface area contributed by atoms with Crippen LogP contribution < -0.4 is 10.2 Å². The molecule has 0 spiro atoms. The van der Waals surface area contributed by atoms with Gasteiger partial charge in [0.25, 0.3) is 0 Å². The first-order valence-corrected chi connectivity index (χ1v) is 11.6. The fraction of sp³-hybridized carbons (Fsp3) is 0.292. The standard InChI is InChI=1S/C24H24FN5OS/c1-16-4-8-18(9-5-16)21-15-30-23(27-21)32-24(28-30)29-12-2-3-19(14-29)22(31)26-13-17-6-10-20(25)11-7-17/h4-11,15,19H,2-3,12-14H2,1H3,(H,26,31)/t19-/m1/s1. The molecule has 1 aliphatic rings. The number of carbonyl (C=O) groups excluding carboxylic acids is 1. The Morgan fingerprint density at radius 1 is 1.19 bits per heavy atom. The third-order valence-corrected chi connectivity index (χ3v) is 6.81. The number of anilines is 1. The summed E-state index contributed by atoms with van der Waals surface area (Å²) in [7, 11) is 0. The highest BCUT2D eigenvalue weighted by Crippen LogP contribution is 2.30. The van der Waals surface area contributed by atoms with Gasteiger partial charge in [0.05, 0.1) is 17.8 Å². The average molecular weight is 450 g/mol. The highest BCUT2D eigenvalue weighted by Gasteiger charge is 2.27. The Kier molecular flexibility index (Phi) is 5.61. The van der Waals surface area contributed by atoms with Gasteiger partial charge in [-0.15, -0.1) is 5.10 Å². The van der Waals surface area contributed by atoms with Gasteiger partial charge in [-0.1, -0.05) is 53.3 Å². The molecule has 0 radical (unpaired) electrons. The monoisotopic (exact) mass is 449 g/mol. The van der Waals surface area contributed by atoms with Crippen molar-refractivity contribution in [2.75, 3.05) is 18.0 Å². The van der Waals surface area contributed by atoms with E-state index in [2.05, 4.69) is 41.4 Å². The van der Waals surface area contributed by atoms with Gasteiger partial charge in [0.1, 0.15) is 5.82 Å². The van der Waals surface area contributed by atoms with Crippen LogP contribution in [0.3, 0.4) is 0 Å². The predicted molar refractivity (Wildman–Crippen MR) is 124 cm³/mol. The van der Waals surface area contributed by atoms with E-state index in [-0.39, 0.29) is 17.6 Å². The van der Waals surface area contributed by atoms with Crippen molar-refractivity contribution >= 4 is 27.3 Å². The van der Waals surface area contributed by atoms with Crippen LogP contribution in [0, 0.1) is 18.7 Å². The molecule has 0 saturated carbocycles. The first-order chi connectivity index (χ1) is 15.5. The summed E-state index contributed by atoms with van der Waals surface area (Å²) < 4.78 is 14.9. The number of carbonyl (C=O) groups is 1. The number of rotatable bonds is 5. The molecule has 0 aliphatic carbocycles. The van der Waals surface area contributed by atoms with Crippen LogP contribution in [0.15, 0.2) is 54.7 Å². The number of fused-ring (bicyclic) bond motifs is 1. The molecule has 1 amide bonds. The van der Waals surface area contributed by atoms with Crippen molar-refractivity contribution in [3.63, 3.8) is 0 Å². The number of aryl methyl sites for hydroxylation is 1. The van der Waals surface area contributed by atoms with Crippen molar-refractivity contribution in [3.8, 4) is 11.3 Å². The van der Waals surface area contributed by atoms with Crippen molar-refractivity contribution in [1.82, 2.24) is 19.9 Å². The molecular weight excluding hydrogens is 425 g/mol. The summed E-state index contributed by atoms with van der Waals surface area (Å²) in [5, 5.41) is 8.60. The van der Waals surface area contributed by atoms with E-state index >= 15 is 0 Å². The SMILES string of the molecule is Cc1ccc(-c2cn3nc(N4CCC[C@@H](C(=O)NCc5ccc(F)cc5)C4)sc3n2)cc1. The first-order valence-electron chi connectivity index (χ1n) is 10.8. The lowest BCUT2D eigenvalue weighted by atomic mass is 9.97. The molecule has 3 heterocycles. The fourth-order valence-corrected chi connectivity index (χ4v) is 4.90. The zero-order valence-electron chi connectivity index (χ0n) is 17.8. The second kappa shape index (κ2) is 8.70. The molecular formula is C24H24FN5OS. The fourth-order valence-electron chi connectivity index (χ4n) is 3.98. The second-order valence-corrected chi connectivity index (χ2v) is 9.17. The molecule has 0 bridgehead atoms. The van der Waals surface area contributed by atoms with E-state index in [1.54, 1.807) is 23.5 Å². The Hall–Kier alpha value is -3.26. The number of halogens is 1. The van der Waals surface area contributed by atoms with Crippen LogP contribution in [-0.2, 0) is 11.3 Å². The summed E-state index contributed by atoms with van der Waals surface area (Å²) in [5.41, 5.74) is 4.09. The van der Waals surface area contributed by atoms with Crippen LogP contribution >= 0.6 is 11.3 Å². The summed E-state index contributed by atoms with van der Waals surface area (Å²) in [6, 6.07) is 14.5. The van der Waals surface area contributed by atoms with Gasteiger partial charge in [-0.05, 0) is 37.5 Å². The number of piperidine rings is 1. The molecule has 2 aromatic carbocycles. The normalized spacial score (nSPS) is 16.4. The van der Waals surface area contributed by atoms with Crippen molar-refractivity contribution in [2.24, 2.45) is 5.92 Å². The Morgan fingerprint density at radius 3 is 2.72 bits per heavy atom. The number of imidazole rings is 1. The number of benzene rings is 2. The van der Waals surface area contributed by atoms with E-state index in [1.807, 2.05) is 10.7 Å². The highest BCUT2D eigenvalue weighted by molar-refractivity contribution is 7.20. The predicted octanol–water partition coefficient (Wildman–Crippen LogP) is 4.44. The van der Waals surface area contributed by atoms with Gasteiger partial charge >= 0.3 is 0 Å². The van der Waals surface area contributed by atoms with Crippen LogP contribution in [0.4, 0.5) is 9.52 Å². The molecule has 2 aromatic heterocycles. The summed E-state index contributed by atoms with van der Waals surface area (Å²) in [6.45, 7) is 3.99. The summed E-state index contributed by atoms with van der Waals surface area (Å²) in [4.78, 5) is 20.5. The molecule has 164 valence electrons. The number of hydrogen-bond donors (Lipinski definition) is 1. The summed E-state index contributed by atoms with van der Waals surface area (Å²) >= 11 is 1.55. The van der Waals surface area contributed by atoms with Crippen molar-refractivity contribution in [1.29, 1.82) is 0 Å². The molecule has 1 atom stereocenters. The smallest absolute Gasteiger partial charge is 0.225 e.